The van der Waals surface area contributed by atoms with E-state index in [0.29, 0.717) is 11.5 Å². The number of likely N-dealkylation sites (tertiary alicyclic amines) is 1. The van der Waals surface area contributed by atoms with Crippen molar-refractivity contribution in [3.8, 4) is 17.6 Å². The maximum atomic E-state index is 13.4. The van der Waals surface area contributed by atoms with Crippen LogP contribution in [-0.2, 0) is 22.7 Å². The Morgan fingerprint density at radius 2 is 1.74 bits per heavy atom. The van der Waals surface area contributed by atoms with Gasteiger partial charge in [0.15, 0.2) is 0 Å². The Labute approximate surface area is 250 Å². The Morgan fingerprint density at radius 1 is 1.02 bits per heavy atom. The maximum Gasteiger partial charge on any atom is 0.337 e. The van der Waals surface area contributed by atoms with Gasteiger partial charge in [0.05, 0.1) is 19.8 Å². The molecule has 1 saturated heterocycles. The summed E-state index contributed by atoms with van der Waals surface area (Å²) in [6.45, 7) is 6.46. The Balaban J connectivity index is 1.19. The molecular weight excluding hydrogens is 548 g/mol. The van der Waals surface area contributed by atoms with Crippen molar-refractivity contribution in [1.82, 2.24) is 30.0 Å². The molecule has 43 heavy (non-hydrogen) atoms. The first kappa shape index (κ1) is 29.5. The number of carbonyl (C=O) groups is 2. The Kier molecular flexibility index (Phi) is 9.42. The van der Waals surface area contributed by atoms with E-state index in [1.807, 2.05) is 48.5 Å². The predicted molar refractivity (Wildman–Crippen MR) is 160 cm³/mol. The third kappa shape index (κ3) is 7.44. The smallest absolute Gasteiger partial charge is 0.337 e. The number of hydrogen-bond donors (Lipinski definition) is 1. The quantitative estimate of drug-likeness (QED) is 0.208. The van der Waals surface area contributed by atoms with E-state index in [1.54, 1.807) is 25.6 Å². The minimum absolute atomic E-state index is 0.00902. The van der Waals surface area contributed by atoms with Gasteiger partial charge in [-0.05, 0) is 47.7 Å². The van der Waals surface area contributed by atoms with Crippen LogP contribution in [0.3, 0.4) is 0 Å². The third-order valence-electron chi connectivity index (χ3n) is 7.29. The molecule has 1 aliphatic heterocycles. The summed E-state index contributed by atoms with van der Waals surface area (Å²) < 4.78 is 17.5. The zero-order valence-electron chi connectivity index (χ0n) is 24.2. The molecule has 11 heteroatoms. The first-order valence-electron chi connectivity index (χ1n) is 14.0. The van der Waals surface area contributed by atoms with Crippen LogP contribution in [0.15, 0.2) is 79.8 Å². The van der Waals surface area contributed by atoms with E-state index in [9.17, 15) is 9.59 Å². The molecule has 0 atom stereocenters. The van der Waals surface area contributed by atoms with Crippen molar-refractivity contribution in [2.24, 2.45) is 0 Å². The minimum atomic E-state index is -0.437. The summed E-state index contributed by atoms with van der Waals surface area (Å²) in [6, 6.07) is 17.0. The predicted octanol–water partition coefficient (Wildman–Crippen LogP) is 3.83. The summed E-state index contributed by atoms with van der Waals surface area (Å²) in [7, 11) is 2.96. The van der Waals surface area contributed by atoms with E-state index < -0.39 is 5.97 Å². The van der Waals surface area contributed by atoms with E-state index in [0.717, 1.165) is 54.9 Å². The van der Waals surface area contributed by atoms with Crippen LogP contribution in [0.5, 0.6) is 11.6 Å². The fraction of sp³-hybridized carbons (Fsp3) is 0.281. The number of methoxy groups -OCH3 is 2. The second-order valence-electron chi connectivity index (χ2n) is 10.2. The summed E-state index contributed by atoms with van der Waals surface area (Å²) in [6.07, 6.45) is 6.44. The lowest BCUT2D eigenvalue weighted by Crippen LogP contribution is -2.44. The topological polar surface area (TPSA) is 121 Å². The van der Waals surface area contributed by atoms with Gasteiger partial charge in [-0.15, -0.1) is 0 Å². The number of rotatable bonds is 11. The largest absolute Gasteiger partial charge is 0.497 e. The Morgan fingerprint density at radius 3 is 2.40 bits per heavy atom. The van der Waals surface area contributed by atoms with Gasteiger partial charge in [0.1, 0.15) is 17.9 Å². The number of esters is 1. The molecule has 0 bridgehead atoms. The SMILES string of the molecule is C=C(C(=O)OC)c1ccc(CN2CCC(NC(=O)c3cnc(-n4cccn4)nc3OCc3ccc(OC)cc3)CC2)cc1. The van der Waals surface area contributed by atoms with Crippen molar-refractivity contribution in [1.29, 1.82) is 0 Å². The number of nitrogens with zero attached hydrogens (tertiary/aromatic N) is 5. The van der Waals surface area contributed by atoms with Gasteiger partial charge in [-0.2, -0.15) is 10.1 Å². The van der Waals surface area contributed by atoms with Gasteiger partial charge in [0.25, 0.3) is 11.9 Å². The van der Waals surface area contributed by atoms with Crippen molar-refractivity contribution in [3.63, 3.8) is 0 Å². The number of aromatic nitrogens is 4. The molecule has 1 fully saturated rings. The lowest BCUT2D eigenvalue weighted by atomic mass is 10.0. The summed E-state index contributed by atoms with van der Waals surface area (Å²) in [4.78, 5) is 36.3. The van der Waals surface area contributed by atoms with Crippen molar-refractivity contribution < 1.29 is 23.8 Å². The highest BCUT2D eigenvalue weighted by Crippen LogP contribution is 2.21. The van der Waals surface area contributed by atoms with E-state index in [1.165, 1.54) is 18.0 Å². The number of hydrogen-bond acceptors (Lipinski definition) is 9. The molecule has 4 aromatic rings. The average molecular weight is 583 g/mol. The van der Waals surface area contributed by atoms with Gasteiger partial charge in [0, 0.05) is 44.3 Å². The zero-order valence-corrected chi connectivity index (χ0v) is 24.2. The summed E-state index contributed by atoms with van der Waals surface area (Å²) in [5, 5.41) is 7.33. The van der Waals surface area contributed by atoms with E-state index >= 15 is 0 Å². The summed E-state index contributed by atoms with van der Waals surface area (Å²) in [5.74, 6) is 0.523. The molecule has 0 aliphatic carbocycles. The highest BCUT2D eigenvalue weighted by molar-refractivity contribution is 6.15. The normalized spacial score (nSPS) is 13.7. The third-order valence-corrected chi connectivity index (χ3v) is 7.29. The molecule has 0 radical (unpaired) electrons. The molecule has 1 N–H and O–H groups in total. The number of ether oxygens (including phenoxy) is 3. The molecule has 11 nitrogen and oxygen atoms in total. The van der Waals surface area contributed by atoms with Gasteiger partial charge in [0.2, 0.25) is 5.88 Å². The second-order valence-corrected chi connectivity index (χ2v) is 10.2. The number of piperidine rings is 1. The summed E-state index contributed by atoms with van der Waals surface area (Å²) >= 11 is 0. The molecule has 1 amide bonds. The Bertz CT molecular complexity index is 1550. The zero-order chi connectivity index (χ0) is 30.2. The molecule has 0 unspecified atom stereocenters. The molecule has 3 heterocycles. The van der Waals surface area contributed by atoms with Crippen LogP contribution in [0.1, 0.15) is 39.9 Å². The number of amides is 1. The lowest BCUT2D eigenvalue weighted by Gasteiger charge is -2.32. The molecule has 2 aromatic carbocycles. The first-order valence-corrected chi connectivity index (χ1v) is 14.0. The van der Waals surface area contributed by atoms with Gasteiger partial charge < -0.3 is 19.5 Å². The van der Waals surface area contributed by atoms with Crippen LogP contribution >= 0.6 is 0 Å². The number of nitrogens with one attached hydrogen (secondary N) is 1. The first-order chi connectivity index (χ1) is 20.9. The molecule has 2 aromatic heterocycles. The van der Waals surface area contributed by atoms with E-state index in [-0.39, 0.29) is 30.0 Å². The molecule has 0 spiro atoms. The lowest BCUT2D eigenvalue weighted by molar-refractivity contribution is -0.133. The van der Waals surface area contributed by atoms with E-state index in [4.69, 9.17) is 14.2 Å². The van der Waals surface area contributed by atoms with Crippen molar-refractivity contribution >= 4 is 17.4 Å². The molecule has 5 rings (SSSR count). The van der Waals surface area contributed by atoms with Crippen LogP contribution in [0.4, 0.5) is 0 Å². The highest BCUT2D eigenvalue weighted by Gasteiger charge is 2.24. The molecular formula is C32H34N6O5. The fourth-order valence-corrected chi connectivity index (χ4v) is 4.80. The fourth-order valence-electron chi connectivity index (χ4n) is 4.80. The van der Waals surface area contributed by atoms with Gasteiger partial charge in [-0.25, -0.2) is 14.5 Å². The standard InChI is InChI=1S/C32H34N6O5/c1-22(31(40)42-3)25-9-5-23(6-10-25)20-37-17-13-26(14-18-37)35-29(39)28-19-33-32(38-16-4-15-34-38)36-30(28)43-21-24-7-11-27(41-2)12-8-24/h4-12,15-16,19,26H,1,13-14,17-18,20-21H2,2-3H3,(H,35,39). The van der Waals surface area contributed by atoms with Crippen LogP contribution in [0.25, 0.3) is 11.5 Å². The number of carbonyl (C=O) groups excluding carboxylic acids is 2. The van der Waals surface area contributed by atoms with Gasteiger partial charge in [-0.3, -0.25) is 9.69 Å². The van der Waals surface area contributed by atoms with Crippen LogP contribution in [-0.4, -0.2) is 69.9 Å². The van der Waals surface area contributed by atoms with Crippen LogP contribution < -0.4 is 14.8 Å². The average Bonchev–Trinajstić information content (AvgIpc) is 3.60. The van der Waals surface area contributed by atoms with Crippen LogP contribution in [0, 0.1) is 0 Å². The molecule has 0 saturated carbocycles. The van der Waals surface area contributed by atoms with Crippen molar-refractivity contribution in [2.45, 2.75) is 32.0 Å². The maximum absolute atomic E-state index is 13.4. The minimum Gasteiger partial charge on any atom is -0.497 e. The van der Waals surface area contributed by atoms with E-state index in [2.05, 4.69) is 31.9 Å². The molecule has 222 valence electrons. The van der Waals surface area contributed by atoms with Gasteiger partial charge in [-0.1, -0.05) is 43.0 Å². The van der Waals surface area contributed by atoms with Gasteiger partial charge >= 0.3 is 5.97 Å². The van der Waals surface area contributed by atoms with Crippen molar-refractivity contribution in [2.75, 3.05) is 27.3 Å². The molecule has 1 aliphatic rings. The Hall–Kier alpha value is -5.03. The monoisotopic (exact) mass is 582 g/mol. The second kappa shape index (κ2) is 13.8. The van der Waals surface area contributed by atoms with Crippen molar-refractivity contribution in [3.05, 3.63) is 102 Å². The highest BCUT2D eigenvalue weighted by atomic mass is 16.5. The summed E-state index contributed by atoms with van der Waals surface area (Å²) in [5.41, 5.74) is 3.38. The van der Waals surface area contributed by atoms with Crippen LogP contribution in [0.2, 0.25) is 0 Å². The number of benzene rings is 2.